The van der Waals surface area contributed by atoms with Crippen LogP contribution in [0, 0.1) is 5.92 Å². The van der Waals surface area contributed by atoms with Crippen molar-refractivity contribution in [3.05, 3.63) is 29.8 Å². The van der Waals surface area contributed by atoms with Gasteiger partial charge in [0, 0.05) is 6.42 Å². The van der Waals surface area contributed by atoms with E-state index in [1.807, 2.05) is 18.2 Å². The van der Waals surface area contributed by atoms with Crippen molar-refractivity contribution in [3.8, 4) is 5.75 Å². The highest BCUT2D eigenvalue weighted by Crippen LogP contribution is 2.38. The van der Waals surface area contributed by atoms with Gasteiger partial charge in [0.05, 0.1) is 12.7 Å². The Balaban J connectivity index is 2.14. The van der Waals surface area contributed by atoms with Crippen molar-refractivity contribution in [2.75, 3.05) is 7.11 Å². The number of rotatable bonds is 4. The molecule has 0 amide bonds. The Morgan fingerprint density at radius 1 is 1.39 bits per heavy atom. The van der Waals surface area contributed by atoms with Crippen molar-refractivity contribution in [1.82, 2.24) is 0 Å². The first-order chi connectivity index (χ1) is 8.68. The zero-order chi connectivity index (χ0) is 13.0. The second-order valence-corrected chi connectivity index (χ2v) is 5.48. The molecule has 0 spiro atoms. The average molecular weight is 248 g/mol. The van der Waals surface area contributed by atoms with Crippen molar-refractivity contribution in [3.63, 3.8) is 0 Å². The van der Waals surface area contributed by atoms with E-state index < -0.39 is 5.60 Å². The Morgan fingerprint density at radius 2 is 2.22 bits per heavy atom. The average Bonchev–Trinajstić information content (AvgIpc) is 2.39. The molecule has 0 aliphatic heterocycles. The van der Waals surface area contributed by atoms with Crippen molar-refractivity contribution in [1.29, 1.82) is 0 Å². The zero-order valence-corrected chi connectivity index (χ0v) is 11.5. The molecular weight excluding hydrogens is 224 g/mol. The van der Waals surface area contributed by atoms with Crippen LogP contribution in [0.1, 0.15) is 44.6 Å². The minimum Gasteiger partial charge on any atom is -0.497 e. The molecule has 2 heteroatoms. The molecule has 0 heterocycles. The number of ether oxygens (including phenoxy) is 1. The molecule has 2 rings (SSSR count). The molecule has 1 fully saturated rings. The van der Waals surface area contributed by atoms with Crippen LogP contribution in [-0.4, -0.2) is 17.8 Å². The summed E-state index contributed by atoms with van der Waals surface area (Å²) in [5, 5.41) is 10.9. The minimum absolute atomic E-state index is 0.442. The van der Waals surface area contributed by atoms with Gasteiger partial charge in [-0.1, -0.05) is 38.3 Å². The number of aliphatic hydroxyl groups is 1. The molecule has 0 radical (unpaired) electrons. The van der Waals surface area contributed by atoms with Crippen molar-refractivity contribution >= 4 is 0 Å². The van der Waals surface area contributed by atoms with E-state index in [-0.39, 0.29) is 0 Å². The lowest BCUT2D eigenvalue weighted by Crippen LogP contribution is -2.42. The maximum absolute atomic E-state index is 10.9. The second-order valence-electron chi connectivity index (χ2n) is 5.48. The third kappa shape index (κ3) is 2.86. The van der Waals surface area contributed by atoms with Gasteiger partial charge >= 0.3 is 0 Å². The molecule has 1 aliphatic carbocycles. The Hall–Kier alpha value is -1.02. The molecule has 18 heavy (non-hydrogen) atoms. The fourth-order valence-corrected chi connectivity index (χ4v) is 3.25. The van der Waals surface area contributed by atoms with Crippen LogP contribution in [0.3, 0.4) is 0 Å². The maximum atomic E-state index is 10.9. The lowest BCUT2D eigenvalue weighted by molar-refractivity contribution is -0.0491. The number of methoxy groups -OCH3 is 1. The second kappa shape index (κ2) is 5.75. The summed E-state index contributed by atoms with van der Waals surface area (Å²) in [6.07, 6.45) is 6.33. The molecule has 2 unspecified atom stereocenters. The third-order valence-corrected chi connectivity index (χ3v) is 4.31. The fourth-order valence-electron chi connectivity index (χ4n) is 3.25. The fraction of sp³-hybridized carbons (Fsp3) is 0.625. The standard InChI is InChI=1S/C16H24O2/c1-3-14-8-4-5-10-16(14,17)12-13-7-6-9-15(11-13)18-2/h6-7,9,11,14,17H,3-5,8,10,12H2,1-2H3. The van der Waals surface area contributed by atoms with Gasteiger partial charge in [0.25, 0.3) is 0 Å². The molecule has 2 atom stereocenters. The van der Waals surface area contributed by atoms with Crippen molar-refractivity contribution in [2.45, 2.75) is 51.0 Å². The summed E-state index contributed by atoms with van der Waals surface area (Å²) in [6.45, 7) is 2.19. The minimum atomic E-state index is -0.515. The van der Waals surface area contributed by atoms with Crippen LogP contribution < -0.4 is 4.74 Å². The van der Waals surface area contributed by atoms with E-state index in [2.05, 4.69) is 13.0 Å². The molecule has 1 N–H and O–H groups in total. The number of benzene rings is 1. The molecule has 0 bridgehead atoms. The Labute approximate surface area is 110 Å². The van der Waals surface area contributed by atoms with Gasteiger partial charge in [0.15, 0.2) is 0 Å². The van der Waals surface area contributed by atoms with Gasteiger partial charge < -0.3 is 9.84 Å². The monoisotopic (exact) mass is 248 g/mol. The summed E-state index contributed by atoms with van der Waals surface area (Å²) < 4.78 is 5.25. The van der Waals surface area contributed by atoms with Crippen LogP contribution in [0.5, 0.6) is 5.75 Å². The van der Waals surface area contributed by atoms with Crippen LogP contribution in [0.25, 0.3) is 0 Å². The third-order valence-electron chi connectivity index (χ3n) is 4.31. The highest BCUT2D eigenvalue weighted by molar-refractivity contribution is 5.29. The van der Waals surface area contributed by atoms with Gasteiger partial charge in [-0.2, -0.15) is 0 Å². The Bertz CT molecular complexity index is 388. The van der Waals surface area contributed by atoms with Crippen LogP contribution in [0.4, 0.5) is 0 Å². The van der Waals surface area contributed by atoms with Gasteiger partial charge in [-0.25, -0.2) is 0 Å². The lowest BCUT2D eigenvalue weighted by Gasteiger charge is -2.40. The van der Waals surface area contributed by atoms with Gasteiger partial charge in [0.1, 0.15) is 5.75 Å². The predicted octanol–water partition coefficient (Wildman–Crippen LogP) is 3.57. The zero-order valence-electron chi connectivity index (χ0n) is 11.5. The van der Waals surface area contributed by atoms with Crippen LogP contribution in [0.15, 0.2) is 24.3 Å². The highest BCUT2D eigenvalue weighted by atomic mass is 16.5. The van der Waals surface area contributed by atoms with Gasteiger partial charge in [-0.15, -0.1) is 0 Å². The first-order valence-corrected chi connectivity index (χ1v) is 7.03. The molecule has 2 nitrogen and oxygen atoms in total. The summed E-state index contributed by atoms with van der Waals surface area (Å²) in [5.74, 6) is 1.32. The molecular formula is C16H24O2. The lowest BCUT2D eigenvalue weighted by atomic mass is 9.71. The van der Waals surface area contributed by atoms with Gasteiger partial charge in [0.2, 0.25) is 0 Å². The first kappa shape index (κ1) is 13.4. The van der Waals surface area contributed by atoms with Crippen molar-refractivity contribution in [2.24, 2.45) is 5.92 Å². The summed E-state index contributed by atoms with van der Waals surface area (Å²) in [7, 11) is 1.68. The van der Waals surface area contributed by atoms with Gasteiger partial charge in [-0.05, 0) is 36.5 Å². The van der Waals surface area contributed by atoms with Crippen LogP contribution in [-0.2, 0) is 6.42 Å². The highest BCUT2D eigenvalue weighted by Gasteiger charge is 2.37. The van der Waals surface area contributed by atoms with E-state index in [9.17, 15) is 5.11 Å². The largest absolute Gasteiger partial charge is 0.497 e. The van der Waals surface area contributed by atoms with E-state index in [0.717, 1.165) is 37.9 Å². The number of hydrogen-bond acceptors (Lipinski definition) is 2. The summed E-state index contributed by atoms with van der Waals surface area (Å²) >= 11 is 0. The Morgan fingerprint density at radius 3 is 2.94 bits per heavy atom. The normalized spacial score (nSPS) is 28.1. The van der Waals surface area contributed by atoms with Gasteiger partial charge in [-0.3, -0.25) is 0 Å². The number of hydrogen-bond donors (Lipinski definition) is 1. The summed E-state index contributed by atoms with van der Waals surface area (Å²) in [5.41, 5.74) is 0.663. The SMILES string of the molecule is CCC1CCCCC1(O)Cc1cccc(OC)c1. The van der Waals surface area contributed by atoms with E-state index in [1.165, 1.54) is 12.0 Å². The van der Waals surface area contributed by atoms with Crippen LogP contribution >= 0.6 is 0 Å². The Kier molecular flexibility index (Phi) is 4.28. The van der Waals surface area contributed by atoms with E-state index in [1.54, 1.807) is 7.11 Å². The van der Waals surface area contributed by atoms with Crippen LogP contribution in [0.2, 0.25) is 0 Å². The molecule has 0 saturated heterocycles. The molecule has 1 saturated carbocycles. The summed E-state index contributed by atoms with van der Waals surface area (Å²) in [6, 6.07) is 8.08. The molecule has 100 valence electrons. The molecule has 1 aromatic carbocycles. The smallest absolute Gasteiger partial charge is 0.119 e. The first-order valence-electron chi connectivity index (χ1n) is 7.03. The van der Waals surface area contributed by atoms with E-state index >= 15 is 0 Å². The molecule has 1 aliphatic rings. The van der Waals surface area contributed by atoms with E-state index in [4.69, 9.17) is 4.74 Å². The van der Waals surface area contributed by atoms with E-state index in [0.29, 0.717) is 5.92 Å². The van der Waals surface area contributed by atoms with Crippen molar-refractivity contribution < 1.29 is 9.84 Å². The summed E-state index contributed by atoms with van der Waals surface area (Å²) in [4.78, 5) is 0. The predicted molar refractivity (Wildman–Crippen MR) is 73.9 cm³/mol. The molecule has 1 aromatic rings. The molecule has 0 aromatic heterocycles. The topological polar surface area (TPSA) is 29.5 Å². The quantitative estimate of drug-likeness (QED) is 0.882. The maximum Gasteiger partial charge on any atom is 0.119 e.